The molecule has 124 valence electrons. The molecule has 7 nitrogen and oxygen atoms in total. The summed E-state index contributed by atoms with van der Waals surface area (Å²) in [6, 6.07) is 3.55. The summed E-state index contributed by atoms with van der Waals surface area (Å²) in [7, 11) is 0. The van der Waals surface area contributed by atoms with Crippen LogP contribution in [0.1, 0.15) is 39.2 Å². The third-order valence-corrected chi connectivity index (χ3v) is 3.41. The predicted molar refractivity (Wildman–Crippen MR) is 87.1 cm³/mol. The molecule has 0 bridgehead atoms. The van der Waals surface area contributed by atoms with Gasteiger partial charge in [-0.25, -0.2) is 15.9 Å². The topological polar surface area (TPSA) is 110 Å². The molecule has 0 unspecified atom stereocenters. The number of hydrazine groups is 1. The van der Waals surface area contributed by atoms with E-state index in [1.54, 1.807) is 18.3 Å². The molecule has 0 aliphatic carbocycles. The number of pyridine rings is 1. The summed E-state index contributed by atoms with van der Waals surface area (Å²) in [5.41, 5.74) is 6.58. The number of amidine groups is 1. The number of hydrogen-bond donors (Lipinski definition) is 3. The summed E-state index contributed by atoms with van der Waals surface area (Å²) >= 11 is 0. The largest absolute Gasteiger partial charge is 0.478 e. The molecule has 1 rings (SSSR count). The molecule has 1 heterocycles. The van der Waals surface area contributed by atoms with Crippen molar-refractivity contribution in [3.63, 3.8) is 0 Å². The van der Waals surface area contributed by atoms with Crippen molar-refractivity contribution < 1.29 is 9.84 Å². The Kier molecular flexibility index (Phi) is 7.07. The highest BCUT2D eigenvalue weighted by molar-refractivity contribution is 5.96. The van der Waals surface area contributed by atoms with Crippen LogP contribution in [0, 0.1) is 5.41 Å². The first-order valence-electron chi connectivity index (χ1n) is 7.44. The molecule has 0 aromatic carbocycles. The molecule has 0 atom stereocenters. The summed E-state index contributed by atoms with van der Waals surface area (Å²) in [6.07, 6.45) is 3.21. The zero-order valence-corrected chi connectivity index (χ0v) is 13.6. The van der Waals surface area contributed by atoms with Crippen molar-refractivity contribution in [2.75, 3.05) is 19.8 Å². The number of aliphatic hydroxyl groups is 1. The minimum Gasteiger partial charge on any atom is -0.478 e. The molecule has 1 aromatic heterocycles. The van der Waals surface area contributed by atoms with Crippen LogP contribution in [0.15, 0.2) is 23.4 Å². The SMILES string of the molecule is CCN(N)/N=C(\N)c1ccc(OCCC(C)(C)CCO)nc1. The Morgan fingerprint density at radius 1 is 1.41 bits per heavy atom. The maximum Gasteiger partial charge on any atom is 0.213 e. The van der Waals surface area contributed by atoms with E-state index >= 15 is 0 Å². The Morgan fingerprint density at radius 2 is 2.14 bits per heavy atom. The van der Waals surface area contributed by atoms with Crippen molar-refractivity contribution in [1.29, 1.82) is 0 Å². The molecule has 5 N–H and O–H groups in total. The van der Waals surface area contributed by atoms with Gasteiger partial charge in [-0.1, -0.05) is 13.8 Å². The lowest BCUT2D eigenvalue weighted by molar-refractivity contribution is 0.170. The molecule has 0 saturated heterocycles. The summed E-state index contributed by atoms with van der Waals surface area (Å²) < 4.78 is 5.62. The summed E-state index contributed by atoms with van der Waals surface area (Å²) in [5, 5.41) is 14.3. The minimum absolute atomic E-state index is 0.0521. The number of hydrazone groups is 1. The molecule has 0 aliphatic heterocycles. The maximum atomic E-state index is 8.99. The van der Waals surface area contributed by atoms with Gasteiger partial charge in [-0.2, -0.15) is 0 Å². The average Bonchev–Trinajstić information content (AvgIpc) is 2.47. The van der Waals surface area contributed by atoms with E-state index in [1.165, 1.54) is 5.12 Å². The molecular formula is C15H27N5O2. The smallest absolute Gasteiger partial charge is 0.213 e. The van der Waals surface area contributed by atoms with Crippen LogP contribution in [0.3, 0.4) is 0 Å². The number of aromatic nitrogens is 1. The quantitative estimate of drug-likeness (QED) is 0.272. The second-order valence-electron chi connectivity index (χ2n) is 5.86. The van der Waals surface area contributed by atoms with E-state index in [9.17, 15) is 0 Å². The molecule has 0 aliphatic rings. The van der Waals surface area contributed by atoms with Crippen molar-refractivity contribution in [3.8, 4) is 5.88 Å². The Labute approximate surface area is 131 Å². The van der Waals surface area contributed by atoms with Gasteiger partial charge < -0.3 is 15.6 Å². The standard InChI is InChI=1S/C15H27N5O2/c1-4-20(17)19-14(16)12-5-6-13(18-11-12)22-10-8-15(2,3)7-9-21/h5-6,11,21H,4,7-10,17H2,1-3H3,(H2,16,19). The molecular weight excluding hydrogens is 282 g/mol. The van der Waals surface area contributed by atoms with Crippen molar-refractivity contribution in [1.82, 2.24) is 10.1 Å². The summed E-state index contributed by atoms with van der Waals surface area (Å²) in [6.45, 7) is 7.39. The monoisotopic (exact) mass is 309 g/mol. The van der Waals surface area contributed by atoms with Crippen LogP contribution in [0.4, 0.5) is 0 Å². The first kappa shape index (κ1) is 18.2. The van der Waals surface area contributed by atoms with Gasteiger partial charge in [0.15, 0.2) is 5.84 Å². The Balaban J connectivity index is 2.53. The Bertz CT molecular complexity index is 473. The van der Waals surface area contributed by atoms with Gasteiger partial charge in [0, 0.05) is 24.4 Å². The van der Waals surface area contributed by atoms with Gasteiger partial charge in [-0.15, -0.1) is 5.10 Å². The van der Waals surface area contributed by atoms with Crippen LogP contribution in [0.25, 0.3) is 0 Å². The molecule has 0 saturated carbocycles. The van der Waals surface area contributed by atoms with Gasteiger partial charge in [0.25, 0.3) is 0 Å². The van der Waals surface area contributed by atoms with E-state index in [0.717, 1.165) is 12.8 Å². The van der Waals surface area contributed by atoms with Crippen LogP contribution < -0.4 is 16.3 Å². The lowest BCUT2D eigenvalue weighted by Gasteiger charge is -2.23. The fourth-order valence-electron chi connectivity index (χ4n) is 1.74. The summed E-state index contributed by atoms with van der Waals surface area (Å²) in [5.74, 6) is 6.43. The first-order chi connectivity index (χ1) is 10.4. The van der Waals surface area contributed by atoms with E-state index in [-0.39, 0.29) is 12.0 Å². The summed E-state index contributed by atoms with van der Waals surface area (Å²) in [4.78, 5) is 4.21. The number of nitrogens with zero attached hydrogens (tertiary/aromatic N) is 3. The average molecular weight is 309 g/mol. The van der Waals surface area contributed by atoms with Crippen LogP contribution in [0.2, 0.25) is 0 Å². The lowest BCUT2D eigenvalue weighted by Crippen LogP contribution is -2.29. The minimum atomic E-state index is 0.0521. The number of nitrogens with two attached hydrogens (primary N) is 2. The van der Waals surface area contributed by atoms with Gasteiger partial charge in [0.2, 0.25) is 5.88 Å². The number of ether oxygens (including phenoxy) is 1. The zero-order valence-electron chi connectivity index (χ0n) is 13.6. The third kappa shape index (κ3) is 6.28. The molecule has 0 radical (unpaired) electrons. The molecule has 7 heteroatoms. The third-order valence-electron chi connectivity index (χ3n) is 3.41. The fraction of sp³-hybridized carbons (Fsp3) is 0.600. The highest BCUT2D eigenvalue weighted by atomic mass is 16.5. The van der Waals surface area contributed by atoms with Gasteiger partial charge in [-0.3, -0.25) is 0 Å². The maximum absolute atomic E-state index is 8.99. The van der Waals surface area contributed by atoms with Crippen LogP contribution in [-0.4, -0.2) is 40.8 Å². The van der Waals surface area contributed by atoms with E-state index in [0.29, 0.717) is 30.4 Å². The van der Waals surface area contributed by atoms with Crippen molar-refractivity contribution in [3.05, 3.63) is 23.9 Å². The number of hydrogen-bond acceptors (Lipinski definition) is 6. The number of aliphatic hydroxyl groups excluding tert-OH is 1. The molecule has 0 amide bonds. The Morgan fingerprint density at radius 3 is 2.68 bits per heavy atom. The predicted octanol–water partition coefficient (Wildman–Crippen LogP) is 1.08. The molecule has 0 spiro atoms. The van der Waals surface area contributed by atoms with Crippen LogP contribution >= 0.6 is 0 Å². The molecule has 22 heavy (non-hydrogen) atoms. The van der Waals surface area contributed by atoms with Crippen LogP contribution in [-0.2, 0) is 0 Å². The van der Waals surface area contributed by atoms with Crippen molar-refractivity contribution >= 4 is 5.84 Å². The second kappa shape index (κ2) is 8.55. The fourth-order valence-corrected chi connectivity index (χ4v) is 1.74. The Hall–Kier alpha value is -1.86. The van der Waals surface area contributed by atoms with E-state index in [2.05, 4.69) is 23.9 Å². The van der Waals surface area contributed by atoms with E-state index < -0.39 is 0 Å². The lowest BCUT2D eigenvalue weighted by atomic mass is 9.86. The van der Waals surface area contributed by atoms with Gasteiger partial charge in [0.05, 0.1) is 13.2 Å². The van der Waals surface area contributed by atoms with Gasteiger partial charge >= 0.3 is 0 Å². The zero-order chi connectivity index (χ0) is 16.6. The van der Waals surface area contributed by atoms with Gasteiger partial charge in [-0.05, 0) is 31.2 Å². The van der Waals surface area contributed by atoms with Crippen LogP contribution in [0.5, 0.6) is 5.88 Å². The van der Waals surface area contributed by atoms with E-state index in [4.69, 9.17) is 21.4 Å². The van der Waals surface area contributed by atoms with Gasteiger partial charge in [0.1, 0.15) is 0 Å². The molecule has 1 aromatic rings. The highest BCUT2D eigenvalue weighted by Gasteiger charge is 2.17. The second-order valence-corrected chi connectivity index (χ2v) is 5.86. The highest BCUT2D eigenvalue weighted by Crippen LogP contribution is 2.24. The normalized spacial score (nSPS) is 12.3. The van der Waals surface area contributed by atoms with Crippen molar-refractivity contribution in [2.24, 2.45) is 22.1 Å². The van der Waals surface area contributed by atoms with E-state index in [1.807, 2.05) is 6.92 Å². The van der Waals surface area contributed by atoms with Crippen molar-refractivity contribution in [2.45, 2.75) is 33.6 Å². The number of rotatable bonds is 9. The molecule has 0 fully saturated rings. The first-order valence-corrected chi connectivity index (χ1v) is 7.44.